The molecule has 0 bridgehead atoms. The second-order valence-electron chi connectivity index (χ2n) is 3.66. The third-order valence-corrected chi connectivity index (χ3v) is 6.48. The Hall–Kier alpha value is -1.58. The van der Waals surface area contributed by atoms with E-state index in [1.165, 1.54) is 0 Å². The molecule has 0 saturated carbocycles. The van der Waals surface area contributed by atoms with Crippen molar-refractivity contribution >= 4 is 31.6 Å². The smallest absolute Gasteiger partial charge is 0.481 e. The number of sulfone groups is 2. The van der Waals surface area contributed by atoms with Crippen molar-refractivity contribution in [3.63, 3.8) is 0 Å². The second-order valence-corrected chi connectivity index (χ2v) is 8.21. The van der Waals surface area contributed by atoms with Crippen molar-refractivity contribution in [1.29, 1.82) is 0 Å². The molecule has 0 saturated heterocycles. The van der Waals surface area contributed by atoms with E-state index >= 15 is 0 Å². The molecule has 1 N–H and O–H groups in total. The topological polar surface area (TPSA) is 132 Å². The Balaban J connectivity index is 5.80. The van der Waals surface area contributed by atoms with Gasteiger partial charge in [0.25, 0.3) is 19.7 Å². The van der Waals surface area contributed by atoms with E-state index in [2.05, 4.69) is 4.74 Å². The molecule has 23 heavy (non-hydrogen) atoms. The molecule has 0 heterocycles. The van der Waals surface area contributed by atoms with Gasteiger partial charge in [-0.3, -0.25) is 9.59 Å². The number of ether oxygens (including phenoxy) is 1. The van der Waals surface area contributed by atoms with Crippen molar-refractivity contribution in [2.24, 2.45) is 0 Å². The molecule has 0 radical (unpaired) electrons. The highest BCUT2D eigenvalue weighted by Crippen LogP contribution is 2.36. The Morgan fingerprint density at radius 2 is 1.26 bits per heavy atom. The number of carboxylic acids is 1. The van der Waals surface area contributed by atoms with Crippen LogP contribution < -0.4 is 0 Å². The van der Waals surface area contributed by atoms with Crippen molar-refractivity contribution in [2.75, 3.05) is 6.61 Å². The molecule has 8 nitrogen and oxygen atoms in total. The molecule has 0 atom stereocenters. The minimum Gasteiger partial charge on any atom is -0.481 e. The number of esters is 1. The molecule has 0 rings (SSSR count). The van der Waals surface area contributed by atoms with Crippen molar-refractivity contribution in [2.45, 2.75) is 22.0 Å². The lowest BCUT2D eigenvalue weighted by molar-refractivity contribution is -0.151. The summed E-state index contributed by atoms with van der Waals surface area (Å²) in [7, 11) is -13.9. The number of hydrogen-bond acceptors (Lipinski definition) is 7. The summed E-state index contributed by atoms with van der Waals surface area (Å²) in [4.78, 5) is 20.8. The molecule has 0 unspecified atom stereocenters. The van der Waals surface area contributed by atoms with E-state index in [1.807, 2.05) is 0 Å². The van der Waals surface area contributed by atoms with E-state index in [0.717, 1.165) is 0 Å². The molecule has 0 aliphatic heterocycles. The van der Waals surface area contributed by atoms with E-state index in [4.69, 9.17) is 5.11 Å². The van der Waals surface area contributed by atoms with Gasteiger partial charge < -0.3 is 9.84 Å². The number of carboxylic acid groups (broad SMARTS) is 1. The lowest BCUT2D eigenvalue weighted by atomic mass is 10.4. The number of aliphatic carboxylic acids is 1. The Labute approximate surface area is 123 Å². The van der Waals surface area contributed by atoms with E-state index in [1.54, 1.807) is 0 Å². The van der Waals surface area contributed by atoms with E-state index in [9.17, 15) is 52.8 Å². The number of halogens is 6. The van der Waals surface area contributed by atoms with Gasteiger partial charge in [-0.15, -0.1) is 0 Å². The molecular formula is C7H6F6O8S2. The van der Waals surface area contributed by atoms with Crippen LogP contribution in [0.3, 0.4) is 0 Å². The zero-order valence-corrected chi connectivity index (χ0v) is 12.0. The Morgan fingerprint density at radius 3 is 1.52 bits per heavy atom. The maximum atomic E-state index is 12.3. The normalized spacial score (nSPS) is 13.9. The zero-order valence-electron chi connectivity index (χ0n) is 10.4. The average molecular weight is 396 g/mol. The predicted molar refractivity (Wildman–Crippen MR) is 56.9 cm³/mol. The van der Waals surface area contributed by atoms with Gasteiger partial charge in [-0.05, 0) is 0 Å². The number of carbonyl (C=O) groups is 2. The van der Waals surface area contributed by atoms with Crippen LogP contribution in [0, 0.1) is 0 Å². The van der Waals surface area contributed by atoms with Crippen LogP contribution in [-0.2, 0) is 34.0 Å². The SMILES string of the molecule is O=C(O)CC(=O)OCC(S(=O)(=O)C(F)(F)F)S(=O)(=O)C(F)(F)F. The maximum Gasteiger partial charge on any atom is 0.498 e. The summed E-state index contributed by atoms with van der Waals surface area (Å²) >= 11 is 0. The van der Waals surface area contributed by atoms with Crippen LogP contribution in [0.15, 0.2) is 0 Å². The highest BCUT2D eigenvalue weighted by atomic mass is 32.3. The van der Waals surface area contributed by atoms with Crippen molar-refractivity contribution in [3.05, 3.63) is 0 Å². The molecule has 0 aliphatic carbocycles. The first-order chi connectivity index (χ1) is 9.94. The average Bonchev–Trinajstić information content (AvgIpc) is 2.23. The van der Waals surface area contributed by atoms with Crippen LogP contribution in [0.2, 0.25) is 0 Å². The molecular weight excluding hydrogens is 390 g/mol. The highest BCUT2D eigenvalue weighted by molar-refractivity contribution is 8.09. The first-order valence-corrected chi connectivity index (χ1v) is 8.01. The minimum atomic E-state index is -6.94. The van der Waals surface area contributed by atoms with Gasteiger partial charge in [0.05, 0.1) is 0 Å². The molecule has 0 fully saturated rings. The van der Waals surface area contributed by atoms with E-state index in [-0.39, 0.29) is 0 Å². The molecule has 0 amide bonds. The lowest BCUT2D eigenvalue weighted by Crippen LogP contribution is -2.47. The van der Waals surface area contributed by atoms with Gasteiger partial charge in [-0.2, -0.15) is 26.3 Å². The molecule has 0 aliphatic rings. The molecule has 136 valence electrons. The summed E-state index contributed by atoms with van der Waals surface area (Å²) in [6.07, 6.45) is -1.54. The van der Waals surface area contributed by atoms with Crippen molar-refractivity contribution in [1.82, 2.24) is 0 Å². The first-order valence-electron chi connectivity index (χ1n) is 4.92. The Morgan fingerprint density at radius 1 is 0.913 bits per heavy atom. The summed E-state index contributed by atoms with van der Waals surface area (Å²) in [6.45, 7) is -2.38. The molecule has 0 aromatic rings. The summed E-state index contributed by atoms with van der Waals surface area (Å²) in [5.74, 6) is -3.83. The summed E-state index contributed by atoms with van der Waals surface area (Å²) in [5, 5.41) is 8.13. The van der Waals surface area contributed by atoms with Gasteiger partial charge in [-0.25, -0.2) is 16.8 Å². The molecule has 0 spiro atoms. The van der Waals surface area contributed by atoms with Gasteiger partial charge in [0.2, 0.25) is 4.58 Å². The third kappa shape index (κ3) is 4.95. The fourth-order valence-corrected chi connectivity index (χ4v) is 4.06. The monoisotopic (exact) mass is 396 g/mol. The standard InChI is InChI=1S/C7H6F6O8S2/c8-6(9,10)22(17,18)5(23(19,20)7(11,12)13)2-21-4(16)1-3(14)15/h5H,1-2H2,(H,14,15). The van der Waals surface area contributed by atoms with Crippen molar-refractivity contribution < 1.29 is 62.6 Å². The largest absolute Gasteiger partial charge is 0.498 e. The van der Waals surface area contributed by atoms with Crippen molar-refractivity contribution in [3.8, 4) is 0 Å². The van der Waals surface area contributed by atoms with Crippen LogP contribution in [0.5, 0.6) is 0 Å². The second kappa shape index (κ2) is 6.50. The van der Waals surface area contributed by atoms with Gasteiger partial charge >= 0.3 is 23.0 Å². The maximum absolute atomic E-state index is 12.3. The Bertz CT molecular complexity index is 629. The van der Waals surface area contributed by atoms with Crippen LogP contribution >= 0.6 is 0 Å². The lowest BCUT2D eigenvalue weighted by Gasteiger charge is -2.20. The van der Waals surface area contributed by atoms with Crippen LogP contribution in [-0.4, -0.2) is 56.1 Å². The minimum absolute atomic E-state index is 1.54. The molecule has 0 aromatic heterocycles. The van der Waals surface area contributed by atoms with E-state index < -0.39 is 60.2 Å². The quantitative estimate of drug-likeness (QED) is 0.383. The first kappa shape index (κ1) is 21.4. The number of alkyl halides is 6. The fraction of sp³-hybridized carbons (Fsp3) is 0.714. The van der Waals surface area contributed by atoms with Crippen LogP contribution in [0.1, 0.15) is 6.42 Å². The van der Waals surface area contributed by atoms with Crippen LogP contribution in [0.4, 0.5) is 26.3 Å². The summed E-state index contributed by atoms with van der Waals surface area (Å²) in [5.41, 5.74) is -12.8. The van der Waals surface area contributed by atoms with Crippen LogP contribution in [0.25, 0.3) is 0 Å². The fourth-order valence-electron chi connectivity index (χ4n) is 0.980. The summed E-state index contributed by atoms with van der Waals surface area (Å²) < 4.78 is 117. The Kier molecular flexibility index (Phi) is 6.05. The number of rotatable bonds is 6. The van der Waals surface area contributed by atoms with Gasteiger partial charge in [-0.1, -0.05) is 0 Å². The molecule has 16 heteroatoms. The van der Waals surface area contributed by atoms with Gasteiger partial charge in [0.15, 0.2) is 0 Å². The molecule has 0 aromatic carbocycles. The number of hydrogen-bond donors (Lipinski definition) is 1. The third-order valence-electron chi connectivity index (χ3n) is 2.01. The number of carbonyl (C=O) groups excluding carboxylic acids is 1. The van der Waals surface area contributed by atoms with E-state index in [0.29, 0.717) is 0 Å². The predicted octanol–water partition coefficient (Wildman–Crippen LogP) is 0.200. The van der Waals surface area contributed by atoms with Gasteiger partial charge in [0.1, 0.15) is 13.0 Å². The van der Waals surface area contributed by atoms with Gasteiger partial charge in [0, 0.05) is 0 Å². The zero-order chi connectivity index (χ0) is 18.9. The summed E-state index contributed by atoms with van der Waals surface area (Å²) in [6, 6.07) is 0. The highest BCUT2D eigenvalue weighted by Gasteiger charge is 2.63.